The minimum Gasteiger partial charge on any atom is -0.458 e. The molecule has 6 fully saturated rings. The van der Waals surface area contributed by atoms with E-state index in [9.17, 15) is 9.59 Å². The van der Waals surface area contributed by atoms with Gasteiger partial charge in [0.15, 0.2) is 0 Å². The Bertz CT molecular complexity index is 627. The summed E-state index contributed by atoms with van der Waals surface area (Å²) in [5.74, 6) is 2.54. The van der Waals surface area contributed by atoms with Crippen molar-refractivity contribution in [3.8, 4) is 0 Å². The molecule has 6 aliphatic rings. The zero-order valence-electron chi connectivity index (χ0n) is 15.3. The number of carbonyl (C=O) groups excluding carboxylic acids is 2. The van der Waals surface area contributed by atoms with Gasteiger partial charge in [0.25, 0.3) is 0 Å². The van der Waals surface area contributed by atoms with Crippen LogP contribution in [0.15, 0.2) is 12.7 Å². The Morgan fingerprint density at radius 2 is 1.56 bits per heavy atom. The van der Waals surface area contributed by atoms with Gasteiger partial charge in [-0.1, -0.05) is 20.4 Å². The van der Waals surface area contributed by atoms with E-state index >= 15 is 0 Å². The van der Waals surface area contributed by atoms with E-state index in [1.165, 1.54) is 38.2 Å². The summed E-state index contributed by atoms with van der Waals surface area (Å²) in [4.78, 5) is 24.6. The average Bonchev–Trinajstić information content (AvgIpc) is 3.36. The fourth-order valence-electron chi connectivity index (χ4n) is 6.98. The zero-order chi connectivity index (χ0) is 17.6. The lowest BCUT2D eigenvalue weighted by Gasteiger charge is -2.62. The molecule has 25 heavy (non-hydrogen) atoms. The van der Waals surface area contributed by atoms with E-state index in [1.54, 1.807) is 0 Å². The van der Waals surface area contributed by atoms with E-state index < -0.39 is 17.0 Å². The standard InChI is InChI=1S/C21H28O4/c1-4-17(22)24-20-10-19(20,11-20)18(23)25-21(12(2)3)15-6-13-5-14(8-15)9-16(21)7-13/h4,12-16H,1,5-11H2,2-3H3. The zero-order valence-corrected chi connectivity index (χ0v) is 15.3. The highest BCUT2D eigenvalue weighted by atomic mass is 16.6. The molecule has 0 spiro atoms. The summed E-state index contributed by atoms with van der Waals surface area (Å²) in [6, 6.07) is 0. The monoisotopic (exact) mass is 344 g/mol. The second kappa shape index (κ2) is 4.69. The minimum atomic E-state index is -0.570. The van der Waals surface area contributed by atoms with Gasteiger partial charge in [0.1, 0.15) is 16.6 Å². The molecular weight excluding hydrogens is 316 g/mol. The average molecular weight is 344 g/mol. The van der Waals surface area contributed by atoms with E-state index in [2.05, 4.69) is 20.4 Å². The molecule has 0 N–H and O–H groups in total. The van der Waals surface area contributed by atoms with Gasteiger partial charge < -0.3 is 9.47 Å². The van der Waals surface area contributed by atoms with Crippen LogP contribution in [0.25, 0.3) is 0 Å². The highest BCUT2D eigenvalue weighted by Gasteiger charge is 2.92. The first-order valence-corrected chi connectivity index (χ1v) is 9.94. The molecule has 0 aromatic heterocycles. The van der Waals surface area contributed by atoms with Crippen molar-refractivity contribution in [2.75, 3.05) is 0 Å². The Balaban J connectivity index is 1.37. The maximum atomic E-state index is 13.1. The summed E-state index contributed by atoms with van der Waals surface area (Å²) < 4.78 is 11.9. The molecule has 0 atom stereocenters. The van der Waals surface area contributed by atoms with Gasteiger partial charge in [-0.05, 0) is 61.7 Å². The molecule has 4 nitrogen and oxygen atoms in total. The quantitative estimate of drug-likeness (QED) is 0.564. The first-order chi connectivity index (χ1) is 11.8. The van der Waals surface area contributed by atoms with Gasteiger partial charge >= 0.3 is 11.9 Å². The van der Waals surface area contributed by atoms with Crippen molar-refractivity contribution in [2.24, 2.45) is 35.0 Å². The molecule has 6 rings (SSSR count). The van der Waals surface area contributed by atoms with Crippen molar-refractivity contribution in [3.05, 3.63) is 12.7 Å². The van der Waals surface area contributed by atoms with Crippen molar-refractivity contribution < 1.29 is 19.1 Å². The third kappa shape index (κ3) is 1.89. The lowest BCUT2D eigenvalue weighted by Crippen LogP contribution is -2.62. The Kier molecular flexibility index (Phi) is 2.98. The van der Waals surface area contributed by atoms with Crippen LogP contribution in [-0.2, 0) is 19.1 Å². The number of hydrogen-bond donors (Lipinski definition) is 0. The Hall–Kier alpha value is -1.32. The molecule has 0 amide bonds. The van der Waals surface area contributed by atoms with Crippen LogP contribution in [0.1, 0.15) is 58.8 Å². The summed E-state index contributed by atoms with van der Waals surface area (Å²) >= 11 is 0. The molecule has 0 aromatic rings. The van der Waals surface area contributed by atoms with E-state index in [0.717, 1.165) is 11.8 Å². The highest BCUT2D eigenvalue weighted by molar-refractivity contribution is 5.92. The topological polar surface area (TPSA) is 52.6 Å². The molecule has 0 saturated heterocycles. The van der Waals surface area contributed by atoms with Crippen molar-refractivity contribution in [2.45, 2.75) is 70.0 Å². The smallest absolute Gasteiger partial charge is 0.330 e. The van der Waals surface area contributed by atoms with Crippen LogP contribution in [0.2, 0.25) is 0 Å². The summed E-state index contributed by atoms with van der Waals surface area (Å²) in [5.41, 5.74) is -1.40. The lowest BCUT2D eigenvalue weighted by atomic mass is 9.47. The van der Waals surface area contributed by atoms with Crippen LogP contribution in [0, 0.1) is 35.0 Å². The molecule has 4 heteroatoms. The molecule has 6 aliphatic carbocycles. The largest absolute Gasteiger partial charge is 0.458 e. The number of ether oxygens (including phenoxy) is 2. The Morgan fingerprint density at radius 1 is 1.00 bits per heavy atom. The van der Waals surface area contributed by atoms with Gasteiger partial charge in [0, 0.05) is 18.9 Å². The second-order valence-electron chi connectivity index (χ2n) is 9.76. The number of carbonyl (C=O) groups is 2. The number of rotatable bonds is 5. The van der Waals surface area contributed by atoms with E-state index in [-0.39, 0.29) is 11.6 Å². The maximum absolute atomic E-state index is 13.1. The maximum Gasteiger partial charge on any atom is 0.330 e. The van der Waals surface area contributed by atoms with Gasteiger partial charge in [-0.15, -0.1) is 0 Å². The Labute approximate surface area is 149 Å². The van der Waals surface area contributed by atoms with Crippen molar-refractivity contribution in [1.82, 2.24) is 0 Å². The molecule has 0 aromatic carbocycles. The fraction of sp³-hybridized carbons (Fsp3) is 0.810. The molecule has 0 aliphatic heterocycles. The van der Waals surface area contributed by atoms with Gasteiger partial charge in [-0.2, -0.15) is 0 Å². The van der Waals surface area contributed by atoms with Crippen LogP contribution in [0.5, 0.6) is 0 Å². The van der Waals surface area contributed by atoms with Crippen LogP contribution < -0.4 is 0 Å². The first kappa shape index (κ1) is 15.9. The predicted molar refractivity (Wildman–Crippen MR) is 91.4 cm³/mol. The Morgan fingerprint density at radius 3 is 2.04 bits per heavy atom. The molecule has 6 saturated carbocycles. The number of esters is 2. The van der Waals surface area contributed by atoms with Crippen molar-refractivity contribution >= 4 is 11.9 Å². The minimum absolute atomic E-state index is 0.106. The third-order valence-electron chi connectivity index (χ3n) is 8.24. The first-order valence-electron chi connectivity index (χ1n) is 9.94. The molecule has 4 bridgehead atoms. The van der Waals surface area contributed by atoms with Crippen molar-refractivity contribution in [1.29, 1.82) is 0 Å². The van der Waals surface area contributed by atoms with Gasteiger partial charge in [0.2, 0.25) is 0 Å². The lowest BCUT2D eigenvalue weighted by molar-refractivity contribution is -0.227. The SMILES string of the molecule is C=CC(=O)OC12CC1(C(=O)OC1(C(C)C)C3CC4CC(C3)CC1C4)C2. The van der Waals surface area contributed by atoms with E-state index in [4.69, 9.17) is 9.47 Å². The van der Waals surface area contributed by atoms with Gasteiger partial charge in [-0.25, -0.2) is 4.79 Å². The van der Waals surface area contributed by atoms with Crippen molar-refractivity contribution in [3.63, 3.8) is 0 Å². The predicted octanol–water partition coefficient (Wildman–Crippen LogP) is 3.64. The van der Waals surface area contributed by atoms with Gasteiger partial charge in [0.05, 0.1) is 0 Å². The van der Waals surface area contributed by atoms with Crippen LogP contribution in [0.3, 0.4) is 0 Å². The molecular formula is C21H28O4. The fourth-order valence-corrected chi connectivity index (χ4v) is 6.98. The molecule has 0 radical (unpaired) electrons. The molecule has 0 heterocycles. The summed E-state index contributed by atoms with van der Waals surface area (Å²) in [6.45, 7) is 7.89. The van der Waals surface area contributed by atoms with Crippen LogP contribution in [-0.4, -0.2) is 23.1 Å². The normalized spacial score (nSPS) is 51.0. The van der Waals surface area contributed by atoms with E-state index in [1.807, 2.05) is 0 Å². The van der Waals surface area contributed by atoms with Crippen LogP contribution >= 0.6 is 0 Å². The van der Waals surface area contributed by atoms with Crippen LogP contribution in [0.4, 0.5) is 0 Å². The second-order valence-corrected chi connectivity index (χ2v) is 9.76. The van der Waals surface area contributed by atoms with E-state index in [0.29, 0.717) is 30.6 Å². The number of fused-ring (bicyclic) bond motifs is 1. The van der Waals surface area contributed by atoms with Gasteiger partial charge in [-0.3, -0.25) is 4.79 Å². The summed E-state index contributed by atoms with van der Waals surface area (Å²) in [5, 5.41) is 0. The summed E-state index contributed by atoms with van der Waals surface area (Å²) in [7, 11) is 0. The number of hydrogen-bond acceptors (Lipinski definition) is 4. The third-order valence-corrected chi connectivity index (χ3v) is 8.24. The molecule has 0 unspecified atom stereocenters. The highest BCUT2D eigenvalue weighted by Crippen LogP contribution is 2.81. The summed E-state index contributed by atoms with van der Waals surface area (Å²) in [6.07, 6.45) is 8.73. The molecule has 136 valence electrons.